The molecule has 1 amide bonds. The maximum atomic E-state index is 14.0. The van der Waals surface area contributed by atoms with Gasteiger partial charge in [-0.3, -0.25) is 0 Å². The topological polar surface area (TPSA) is 65.4 Å². The number of nitrogens with zero attached hydrogens (tertiary/aromatic N) is 2. The Hall–Kier alpha value is -1.93. The molecule has 2 aromatic rings. The van der Waals surface area contributed by atoms with E-state index in [0.717, 1.165) is 11.1 Å². The summed E-state index contributed by atoms with van der Waals surface area (Å²) in [6.45, 7) is 20.9. The first kappa shape index (κ1) is 26.3. The van der Waals surface area contributed by atoms with Gasteiger partial charge >= 0.3 is 6.09 Å². The van der Waals surface area contributed by atoms with Crippen LogP contribution in [0.4, 0.5) is 9.18 Å². The zero-order valence-corrected chi connectivity index (χ0v) is 22.2. The zero-order chi connectivity index (χ0) is 24.4. The molecule has 0 aromatic carbocycles. The molecule has 0 saturated heterocycles. The summed E-state index contributed by atoms with van der Waals surface area (Å²) in [4.78, 5) is 16.6. The lowest BCUT2D eigenvalue weighted by Crippen LogP contribution is -2.37. The molecule has 1 unspecified atom stereocenters. The first-order valence-corrected chi connectivity index (χ1v) is 13.6. The molecule has 0 bridgehead atoms. The minimum Gasteiger partial charge on any atom is -0.444 e. The molecule has 0 fully saturated rings. The Kier molecular flexibility index (Phi) is 8.15. The number of carbonyl (C=O) groups is 1. The van der Waals surface area contributed by atoms with Crippen LogP contribution in [0.3, 0.4) is 0 Å². The van der Waals surface area contributed by atoms with Crippen LogP contribution in [0.25, 0.3) is 11.0 Å². The lowest BCUT2D eigenvalue weighted by atomic mass is 9.75. The van der Waals surface area contributed by atoms with Gasteiger partial charge in [0.1, 0.15) is 17.1 Å². The van der Waals surface area contributed by atoms with Gasteiger partial charge in [-0.05, 0) is 64.3 Å². The van der Waals surface area contributed by atoms with Crippen LogP contribution >= 0.6 is 0 Å². The zero-order valence-electron chi connectivity index (χ0n) is 21.2. The fourth-order valence-electron chi connectivity index (χ4n) is 3.54. The van der Waals surface area contributed by atoms with Crippen molar-refractivity contribution in [2.45, 2.75) is 86.2 Å². The Morgan fingerprint density at radius 2 is 1.81 bits per heavy atom. The summed E-state index contributed by atoms with van der Waals surface area (Å²) in [7, 11) is -1.03. The van der Waals surface area contributed by atoms with Gasteiger partial charge in [0.25, 0.3) is 0 Å². The Labute approximate surface area is 193 Å². The van der Waals surface area contributed by atoms with E-state index in [-0.39, 0.29) is 23.4 Å². The van der Waals surface area contributed by atoms with Crippen LogP contribution in [-0.4, -0.2) is 36.8 Å². The van der Waals surface area contributed by atoms with Gasteiger partial charge in [0.2, 0.25) is 9.04 Å². The van der Waals surface area contributed by atoms with Crippen LogP contribution in [0, 0.1) is 17.2 Å². The SMILES string of the molecule is CC(C)C(C)(C)C(O[Si](C)C)c1cc2cc(F)cnc2n1[C@H](C)CNC(=O)OC(C)(C)C. The number of halogens is 1. The van der Waals surface area contributed by atoms with E-state index in [1.54, 1.807) is 0 Å². The standard InChI is InChI=1S/C24H39FN3O3Si/c1-15(2)24(7,8)20(31-32(9)10)19-12-17-11-18(25)14-26-21(17)28(19)16(3)13-27-22(29)30-23(4,5)6/h11-12,14-16,20H,13H2,1-10H3,(H,27,29)/t16-,20?/m1/s1. The van der Waals surface area contributed by atoms with E-state index >= 15 is 0 Å². The first-order valence-electron chi connectivity index (χ1n) is 11.2. The molecular formula is C24H39FN3O3Si. The average Bonchev–Trinajstić information content (AvgIpc) is 3.00. The molecular weight excluding hydrogens is 425 g/mol. The van der Waals surface area contributed by atoms with Crippen LogP contribution in [0.2, 0.25) is 13.1 Å². The van der Waals surface area contributed by atoms with Crippen molar-refractivity contribution >= 4 is 26.2 Å². The summed E-state index contributed by atoms with van der Waals surface area (Å²) in [5.41, 5.74) is 0.874. The third kappa shape index (κ3) is 6.31. The highest BCUT2D eigenvalue weighted by Gasteiger charge is 2.38. The minimum atomic E-state index is -1.03. The van der Waals surface area contributed by atoms with Crippen molar-refractivity contribution in [1.29, 1.82) is 0 Å². The van der Waals surface area contributed by atoms with Gasteiger partial charge in [-0.25, -0.2) is 14.2 Å². The number of alkyl carbamates (subject to hydrolysis) is 1. The summed E-state index contributed by atoms with van der Waals surface area (Å²) in [6, 6.07) is 3.33. The van der Waals surface area contributed by atoms with E-state index in [1.165, 1.54) is 12.3 Å². The maximum Gasteiger partial charge on any atom is 0.407 e. The Morgan fingerprint density at radius 3 is 2.34 bits per heavy atom. The van der Waals surface area contributed by atoms with E-state index < -0.39 is 20.7 Å². The normalized spacial score (nSPS) is 14.8. The van der Waals surface area contributed by atoms with Crippen LogP contribution < -0.4 is 5.32 Å². The molecule has 0 aliphatic heterocycles. The summed E-state index contributed by atoms with van der Waals surface area (Å²) in [5.74, 6) is -0.0303. The van der Waals surface area contributed by atoms with Crippen LogP contribution in [0.5, 0.6) is 0 Å². The predicted octanol–water partition coefficient (Wildman–Crippen LogP) is 6.25. The van der Waals surface area contributed by atoms with Crippen LogP contribution in [0.1, 0.15) is 73.2 Å². The fraction of sp³-hybridized carbons (Fsp3) is 0.667. The predicted molar refractivity (Wildman–Crippen MR) is 129 cm³/mol. The summed E-state index contributed by atoms with van der Waals surface area (Å²) >= 11 is 0. The lowest BCUT2D eigenvalue weighted by Gasteiger charge is -2.40. The molecule has 179 valence electrons. The number of carbonyl (C=O) groups excluding carboxylic acids is 1. The third-order valence-electron chi connectivity index (χ3n) is 5.84. The van der Waals surface area contributed by atoms with Crippen molar-refractivity contribution in [3.8, 4) is 0 Å². The molecule has 2 atom stereocenters. The molecule has 1 N–H and O–H groups in total. The number of hydrogen-bond donors (Lipinski definition) is 1. The number of aromatic nitrogens is 2. The van der Waals surface area contributed by atoms with Crippen LogP contribution in [-0.2, 0) is 9.16 Å². The van der Waals surface area contributed by atoms with Crippen molar-refractivity contribution in [1.82, 2.24) is 14.9 Å². The maximum absolute atomic E-state index is 14.0. The Bertz CT molecular complexity index is 934. The van der Waals surface area contributed by atoms with E-state index in [9.17, 15) is 9.18 Å². The summed E-state index contributed by atoms with van der Waals surface area (Å²) < 4.78 is 28.0. The smallest absolute Gasteiger partial charge is 0.407 e. The van der Waals surface area contributed by atoms with Crippen molar-refractivity contribution in [2.75, 3.05) is 6.54 Å². The fourth-order valence-corrected chi connectivity index (χ4v) is 4.44. The number of ether oxygens (including phenoxy) is 1. The number of nitrogens with one attached hydrogen (secondary N) is 1. The van der Waals surface area contributed by atoms with Gasteiger partial charge in [-0.1, -0.05) is 27.7 Å². The molecule has 0 aliphatic rings. The van der Waals surface area contributed by atoms with E-state index in [4.69, 9.17) is 9.16 Å². The molecule has 2 aromatic heterocycles. The molecule has 0 aliphatic carbocycles. The summed E-state index contributed by atoms with van der Waals surface area (Å²) in [5, 5.41) is 3.57. The van der Waals surface area contributed by atoms with Crippen molar-refractivity contribution in [2.24, 2.45) is 11.3 Å². The second-order valence-electron chi connectivity index (χ2n) is 10.6. The highest BCUT2D eigenvalue weighted by molar-refractivity contribution is 6.48. The van der Waals surface area contributed by atoms with Gasteiger partial charge < -0.3 is 19.0 Å². The number of rotatable bonds is 8. The van der Waals surface area contributed by atoms with Crippen molar-refractivity contribution in [3.05, 3.63) is 29.8 Å². The number of amides is 1. The highest BCUT2D eigenvalue weighted by atomic mass is 28.3. The van der Waals surface area contributed by atoms with Gasteiger partial charge in [-0.2, -0.15) is 0 Å². The van der Waals surface area contributed by atoms with Gasteiger partial charge in [0.15, 0.2) is 0 Å². The first-order chi connectivity index (χ1) is 14.6. The quantitative estimate of drug-likeness (QED) is 0.469. The Balaban J connectivity index is 2.53. The second-order valence-corrected chi connectivity index (χ2v) is 12.7. The van der Waals surface area contributed by atoms with Gasteiger partial charge in [0.05, 0.1) is 18.3 Å². The average molecular weight is 465 g/mol. The molecule has 2 rings (SSSR count). The number of hydrogen-bond acceptors (Lipinski definition) is 4. The van der Waals surface area contributed by atoms with E-state index in [2.05, 4.69) is 55.7 Å². The molecule has 8 heteroatoms. The molecule has 0 saturated carbocycles. The number of fused-ring (bicyclic) bond motifs is 1. The van der Waals surface area contributed by atoms with Crippen LogP contribution in [0.15, 0.2) is 18.3 Å². The lowest BCUT2D eigenvalue weighted by molar-refractivity contribution is 0.0288. The highest BCUT2D eigenvalue weighted by Crippen LogP contribution is 2.44. The van der Waals surface area contributed by atoms with Crippen molar-refractivity contribution in [3.63, 3.8) is 0 Å². The second kappa shape index (κ2) is 9.91. The Morgan fingerprint density at radius 1 is 1.19 bits per heavy atom. The van der Waals surface area contributed by atoms with E-state index in [1.807, 2.05) is 33.8 Å². The molecule has 1 radical (unpaired) electrons. The van der Waals surface area contributed by atoms with Gasteiger partial charge in [-0.15, -0.1) is 0 Å². The minimum absolute atomic E-state index is 0.147. The molecule has 0 spiro atoms. The molecule has 32 heavy (non-hydrogen) atoms. The van der Waals surface area contributed by atoms with Gasteiger partial charge in [0, 0.05) is 17.6 Å². The monoisotopic (exact) mass is 464 g/mol. The largest absolute Gasteiger partial charge is 0.444 e. The van der Waals surface area contributed by atoms with Crippen molar-refractivity contribution < 1.29 is 18.3 Å². The number of pyridine rings is 1. The van der Waals surface area contributed by atoms with E-state index in [0.29, 0.717) is 18.1 Å². The molecule has 2 heterocycles. The third-order valence-corrected chi connectivity index (χ3v) is 6.55. The molecule has 6 nitrogen and oxygen atoms in total. The summed E-state index contributed by atoms with van der Waals surface area (Å²) in [6.07, 6.45) is 0.562.